The van der Waals surface area contributed by atoms with Gasteiger partial charge in [0.1, 0.15) is 12.4 Å². The first kappa shape index (κ1) is 9.83. The lowest BCUT2D eigenvalue weighted by molar-refractivity contribution is 0.190. The van der Waals surface area contributed by atoms with Crippen molar-refractivity contribution < 1.29 is 9.53 Å². The average Bonchev–Trinajstić information content (AvgIpc) is 2.49. The topological polar surface area (TPSA) is 41.6 Å². The van der Waals surface area contributed by atoms with Crippen LogP contribution in [-0.2, 0) is 6.54 Å². The second kappa shape index (κ2) is 4.21. The molecule has 0 fully saturated rings. The molecule has 0 saturated heterocycles. The van der Waals surface area contributed by atoms with Crippen molar-refractivity contribution in [2.45, 2.75) is 6.54 Å². The lowest BCUT2D eigenvalue weighted by atomic mass is 10.2. The van der Waals surface area contributed by atoms with E-state index in [2.05, 4.69) is 5.32 Å². The molecule has 1 aliphatic rings. The van der Waals surface area contributed by atoms with E-state index in [0.717, 1.165) is 11.3 Å². The van der Waals surface area contributed by atoms with Crippen LogP contribution in [0.2, 0.25) is 0 Å². The SMILES string of the molecule is CNC(=O)N1CCOc2ccccc2C1. The number of benzene rings is 1. The Morgan fingerprint density at radius 1 is 1.47 bits per heavy atom. The number of carbonyl (C=O) groups is 1. The van der Waals surface area contributed by atoms with Gasteiger partial charge in [0.25, 0.3) is 0 Å². The highest BCUT2D eigenvalue weighted by Gasteiger charge is 2.17. The molecule has 0 aliphatic carbocycles. The highest BCUT2D eigenvalue weighted by molar-refractivity contribution is 5.74. The zero-order valence-electron chi connectivity index (χ0n) is 8.69. The predicted octanol–water partition coefficient (Wildman–Crippen LogP) is 1.22. The molecule has 2 amide bonds. The fourth-order valence-corrected chi connectivity index (χ4v) is 1.66. The molecule has 4 nitrogen and oxygen atoms in total. The number of nitrogens with one attached hydrogen (secondary N) is 1. The summed E-state index contributed by atoms with van der Waals surface area (Å²) < 4.78 is 5.55. The van der Waals surface area contributed by atoms with E-state index in [9.17, 15) is 4.79 Å². The molecule has 0 spiro atoms. The van der Waals surface area contributed by atoms with Crippen molar-refractivity contribution >= 4 is 6.03 Å². The minimum absolute atomic E-state index is 0.0599. The third kappa shape index (κ3) is 2.03. The van der Waals surface area contributed by atoms with Crippen LogP contribution < -0.4 is 10.1 Å². The summed E-state index contributed by atoms with van der Waals surface area (Å²) in [5, 5.41) is 2.62. The van der Waals surface area contributed by atoms with E-state index in [4.69, 9.17) is 4.74 Å². The van der Waals surface area contributed by atoms with Crippen LogP contribution in [0.5, 0.6) is 5.75 Å². The van der Waals surface area contributed by atoms with Gasteiger partial charge in [-0.05, 0) is 6.07 Å². The highest BCUT2D eigenvalue weighted by atomic mass is 16.5. The van der Waals surface area contributed by atoms with Gasteiger partial charge in [-0.1, -0.05) is 18.2 Å². The van der Waals surface area contributed by atoms with Crippen LogP contribution in [0.1, 0.15) is 5.56 Å². The molecule has 15 heavy (non-hydrogen) atoms. The summed E-state index contributed by atoms with van der Waals surface area (Å²) >= 11 is 0. The van der Waals surface area contributed by atoms with E-state index in [1.807, 2.05) is 24.3 Å². The predicted molar refractivity (Wildman–Crippen MR) is 56.8 cm³/mol. The molecule has 0 atom stereocenters. The molecule has 0 bridgehead atoms. The van der Waals surface area contributed by atoms with Gasteiger partial charge in [0.2, 0.25) is 0 Å². The smallest absolute Gasteiger partial charge is 0.317 e. The standard InChI is InChI=1S/C11H14N2O2/c1-12-11(14)13-6-7-15-10-5-3-2-4-9(10)8-13/h2-5H,6-8H2,1H3,(H,12,14). The van der Waals surface area contributed by atoms with Gasteiger partial charge in [0.05, 0.1) is 13.1 Å². The minimum Gasteiger partial charge on any atom is -0.491 e. The Labute approximate surface area is 88.8 Å². The van der Waals surface area contributed by atoms with Crippen LogP contribution in [0.4, 0.5) is 4.79 Å². The van der Waals surface area contributed by atoms with E-state index >= 15 is 0 Å². The van der Waals surface area contributed by atoms with Gasteiger partial charge >= 0.3 is 6.03 Å². The van der Waals surface area contributed by atoms with Gasteiger partial charge in [-0.3, -0.25) is 0 Å². The van der Waals surface area contributed by atoms with Gasteiger partial charge in [0.15, 0.2) is 0 Å². The number of fused-ring (bicyclic) bond motifs is 1. The number of rotatable bonds is 0. The maximum Gasteiger partial charge on any atom is 0.317 e. The van der Waals surface area contributed by atoms with Crippen molar-refractivity contribution in [2.75, 3.05) is 20.2 Å². The molecule has 80 valence electrons. The van der Waals surface area contributed by atoms with E-state index in [1.54, 1.807) is 11.9 Å². The molecule has 0 aromatic heterocycles. The average molecular weight is 206 g/mol. The van der Waals surface area contributed by atoms with Crippen LogP contribution in [0.25, 0.3) is 0 Å². The Bertz CT molecular complexity index is 365. The molecule has 4 heteroatoms. The number of urea groups is 1. The van der Waals surface area contributed by atoms with E-state index in [0.29, 0.717) is 19.7 Å². The minimum atomic E-state index is -0.0599. The maximum absolute atomic E-state index is 11.5. The molecule has 1 aromatic rings. The Kier molecular flexibility index (Phi) is 2.76. The first-order valence-corrected chi connectivity index (χ1v) is 4.98. The third-order valence-corrected chi connectivity index (χ3v) is 2.45. The van der Waals surface area contributed by atoms with Crippen molar-refractivity contribution in [1.82, 2.24) is 10.2 Å². The number of hydrogen-bond acceptors (Lipinski definition) is 2. The van der Waals surface area contributed by atoms with Gasteiger partial charge < -0.3 is 15.0 Å². The van der Waals surface area contributed by atoms with Crippen LogP contribution >= 0.6 is 0 Å². The zero-order chi connectivity index (χ0) is 10.7. The Hall–Kier alpha value is -1.71. The molecular weight excluding hydrogens is 192 g/mol. The van der Waals surface area contributed by atoms with Crippen LogP contribution in [0, 0.1) is 0 Å². The third-order valence-electron chi connectivity index (χ3n) is 2.45. The molecule has 0 saturated carbocycles. The molecule has 2 rings (SSSR count). The number of para-hydroxylation sites is 1. The van der Waals surface area contributed by atoms with Crippen molar-refractivity contribution in [3.8, 4) is 5.75 Å². The molecule has 1 N–H and O–H groups in total. The number of carbonyl (C=O) groups excluding carboxylic acids is 1. The summed E-state index contributed by atoms with van der Waals surface area (Å²) in [6, 6.07) is 7.75. The van der Waals surface area contributed by atoms with Gasteiger partial charge in [-0.15, -0.1) is 0 Å². The zero-order valence-corrected chi connectivity index (χ0v) is 8.69. The van der Waals surface area contributed by atoms with Crippen molar-refractivity contribution in [1.29, 1.82) is 0 Å². The Balaban J connectivity index is 2.21. The number of ether oxygens (including phenoxy) is 1. The molecular formula is C11H14N2O2. The lowest BCUT2D eigenvalue weighted by Gasteiger charge is -2.18. The van der Waals surface area contributed by atoms with E-state index in [1.165, 1.54) is 0 Å². The van der Waals surface area contributed by atoms with Crippen LogP contribution in [-0.4, -0.2) is 31.1 Å². The van der Waals surface area contributed by atoms with Gasteiger partial charge in [0, 0.05) is 12.6 Å². The second-order valence-electron chi connectivity index (χ2n) is 3.43. The first-order chi connectivity index (χ1) is 7.31. The maximum atomic E-state index is 11.5. The Morgan fingerprint density at radius 2 is 2.27 bits per heavy atom. The molecule has 1 aliphatic heterocycles. The summed E-state index contributed by atoms with van der Waals surface area (Å²) in [4.78, 5) is 13.2. The van der Waals surface area contributed by atoms with Crippen LogP contribution in [0.3, 0.4) is 0 Å². The second-order valence-corrected chi connectivity index (χ2v) is 3.43. The van der Waals surface area contributed by atoms with E-state index < -0.39 is 0 Å². The highest BCUT2D eigenvalue weighted by Crippen LogP contribution is 2.22. The summed E-state index contributed by atoms with van der Waals surface area (Å²) in [7, 11) is 1.64. The number of nitrogens with zero attached hydrogens (tertiary/aromatic N) is 1. The number of amides is 2. The fraction of sp³-hybridized carbons (Fsp3) is 0.364. The summed E-state index contributed by atoms with van der Waals surface area (Å²) in [5.74, 6) is 0.879. The summed E-state index contributed by atoms with van der Waals surface area (Å²) in [5.41, 5.74) is 1.05. The van der Waals surface area contributed by atoms with Crippen molar-refractivity contribution in [2.24, 2.45) is 0 Å². The lowest BCUT2D eigenvalue weighted by Crippen LogP contribution is -2.38. The largest absolute Gasteiger partial charge is 0.491 e. The van der Waals surface area contributed by atoms with Gasteiger partial charge in [-0.25, -0.2) is 4.79 Å². The molecule has 0 radical (unpaired) electrons. The monoisotopic (exact) mass is 206 g/mol. The quantitative estimate of drug-likeness (QED) is 0.693. The fourth-order valence-electron chi connectivity index (χ4n) is 1.66. The van der Waals surface area contributed by atoms with E-state index in [-0.39, 0.29) is 6.03 Å². The number of hydrogen-bond donors (Lipinski definition) is 1. The Morgan fingerprint density at radius 3 is 3.07 bits per heavy atom. The molecule has 0 unspecified atom stereocenters. The molecule has 1 aromatic carbocycles. The normalized spacial score (nSPS) is 14.9. The first-order valence-electron chi connectivity index (χ1n) is 4.98. The summed E-state index contributed by atoms with van der Waals surface area (Å²) in [6.45, 7) is 1.77. The van der Waals surface area contributed by atoms with Crippen molar-refractivity contribution in [3.63, 3.8) is 0 Å². The van der Waals surface area contributed by atoms with Crippen molar-refractivity contribution in [3.05, 3.63) is 29.8 Å². The van der Waals surface area contributed by atoms with Crippen LogP contribution in [0.15, 0.2) is 24.3 Å². The van der Waals surface area contributed by atoms with Gasteiger partial charge in [-0.2, -0.15) is 0 Å². The summed E-state index contributed by atoms with van der Waals surface area (Å²) in [6.07, 6.45) is 0. The molecule has 1 heterocycles.